The first-order chi connectivity index (χ1) is 12.0. The lowest BCUT2D eigenvalue weighted by Gasteiger charge is -2.11. The van der Waals surface area contributed by atoms with Crippen LogP contribution in [0.5, 0.6) is 11.5 Å². The average molecular weight is 378 g/mol. The van der Waals surface area contributed by atoms with E-state index in [9.17, 15) is 17.6 Å². The third-order valence-electron chi connectivity index (χ3n) is 2.82. The fourth-order valence-electron chi connectivity index (χ4n) is 1.84. The summed E-state index contributed by atoms with van der Waals surface area (Å²) in [5, 5.41) is 11.1. The van der Waals surface area contributed by atoms with Gasteiger partial charge in [-0.25, -0.2) is 8.78 Å². The maximum Gasteiger partial charge on any atom is 0.387 e. The third kappa shape index (κ3) is 4.84. The van der Waals surface area contributed by atoms with Gasteiger partial charge in [0.1, 0.15) is 0 Å². The van der Waals surface area contributed by atoms with E-state index in [0.29, 0.717) is 5.56 Å². The van der Waals surface area contributed by atoms with Gasteiger partial charge in [0.2, 0.25) is 11.0 Å². The summed E-state index contributed by atoms with van der Waals surface area (Å²) < 4.78 is 61.1. The number of benzene rings is 1. The first-order valence-electron chi connectivity index (χ1n) is 6.99. The number of thioether (sulfide) groups is 1. The lowest BCUT2D eigenvalue weighted by Crippen LogP contribution is -2.05. The molecule has 11 heteroatoms. The number of rotatable bonds is 8. The highest BCUT2D eigenvalue weighted by Crippen LogP contribution is 2.29. The van der Waals surface area contributed by atoms with Crippen molar-refractivity contribution in [3.05, 3.63) is 29.6 Å². The van der Waals surface area contributed by atoms with Crippen molar-refractivity contribution in [2.75, 3.05) is 12.9 Å². The minimum absolute atomic E-state index is 0.0923. The highest BCUT2D eigenvalue weighted by Gasteiger charge is 2.19. The monoisotopic (exact) mass is 378 g/mol. The molecule has 1 aromatic heterocycles. The van der Waals surface area contributed by atoms with Crippen LogP contribution in [-0.2, 0) is 0 Å². The molecule has 0 aliphatic carbocycles. The molecule has 0 aliphatic rings. The third-order valence-corrected chi connectivity index (χ3v) is 3.44. The molecule has 25 heavy (non-hydrogen) atoms. The molecule has 2 aromatic rings. The van der Waals surface area contributed by atoms with Gasteiger partial charge in [-0.05, 0) is 36.9 Å². The maximum atomic E-state index is 12.9. The topological polar surface area (TPSA) is 61.5 Å². The van der Waals surface area contributed by atoms with Crippen molar-refractivity contribution in [3.8, 4) is 11.5 Å². The first-order valence-corrected chi connectivity index (χ1v) is 8.22. The molecule has 0 atom stereocenters. The molecule has 0 aliphatic heterocycles. The quantitative estimate of drug-likeness (QED) is 0.397. The van der Waals surface area contributed by atoms with E-state index in [-0.39, 0.29) is 23.3 Å². The minimum atomic E-state index is -2.99. The molecule has 0 bridgehead atoms. The molecule has 0 saturated carbocycles. The van der Waals surface area contributed by atoms with E-state index in [1.807, 2.05) is 0 Å². The van der Waals surface area contributed by atoms with Crippen molar-refractivity contribution in [2.45, 2.75) is 25.1 Å². The normalized spacial score (nSPS) is 11.7. The zero-order valence-electron chi connectivity index (χ0n) is 13.2. The van der Waals surface area contributed by atoms with E-state index in [1.165, 1.54) is 24.4 Å². The lowest BCUT2D eigenvalue weighted by molar-refractivity contribution is -0.0514. The Morgan fingerprint density at radius 1 is 1.24 bits per heavy atom. The van der Waals surface area contributed by atoms with Crippen LogP contribution >= 0.6 is 11.8 Å². The molecule has 136 valence electrons. The summed E-state index contributed by atoms with van der Waals surface area (Å²) in [6.45, 7) is -1.07. The van der Waals surface area contributed by atoms with E-state index in [4.69, 9.17) is 4.74 Å². The average Bonchev–Trinajstić information content (AvgIpc) is 2.98. The number of aromatic nitrogens is 3. The number of ether oxygens (including phenoxy) is 2. The standard InChI is InChI=1S/C14H14F4N4O2S/c1-3-23-10-6-8(4-5-9(10)24-13(17)18)7-19-22-12(11(15)16)20-21-14(22)25-2/h4-7,11,13H,3H2,1-2H3/b19-7+. The van der Waals surface area contributed by atoms with Gasteiger partial charge >= 0.3 is 6.61 Å². The molecule has 0 unspecified atom stereocenters. The Bertz CT molecular complexity index is 740. The Kier molecular flexibility index (Phi) is 6.62. The van der Waals surface area contributed by atoms with Crippen molar-refractivity contribution in [1.29, 1.82) is 0 Å². The minimum Gasteiger partial charge on any atom is -0.490 e. The summed E-state index contributed by atoms with van der Waals surface area (Å²) in [5.74, 6) is -0.630. The van der Waals surface area contributed by atoms with Gasteiger partial charge in [-0.1, -0.05) is 11.8 Å². The lowest BCUT2D eigenvalue weighted by atomic mass is 10.2. The highest BCUT2D eigenvalue weighted by molar-refractivity contribution is 7.98. The van der Waals surface area contributed by atoms with Gasteiger partial charge in [-0.2, -0.15) is 18.6 Å². The Balaban J connectivity index is 2.32. The van der Waals surface area contributed by atoms with Gasteiger partial charge in [0.25, 0.3) is 6.43 Å². The summed E-state index contributed by atoms with van der Waals surface area (Å²) in [4.78, 5) is 0. The number of hydrogen-bond donors (Lipinski definition) is 0. The van der Waals surface area contributed by atoms with Crippen LogP contribution in [0.25, 0.3) is 0 Å². The van der Waals surface area contributed by atoms with Gasteiger partial charge in [0.05, 0.1) is 12.8 Å². The molecule has 1 heterocycles. The molecule has 2 rings (SSSR count). The zero-order chi connectivity index (χ0) is 18.4. The van der Waals surface area contributed by atoms with Gasteiger partial charge < -0.3 is 9.47 Å². The second kappa shape index (κ2) is 8.70. The van der Waals surface area contributed by atoms with Crippen LogP contribution in [0.1, 0.15) is 24.7 Å². The Hall–Kier alpha value is -2.30. The van der Waals surface area contributed by atoms with Crippen LogP contribution in [0.15, 0.2) is 28.5 Å². The largest absolute Gasteiger partial charge is 0.490 e. The number of hydrogen-bond acceptors (Lipinski definition) is 6. The fourth-order valence-corrected chi connectivity index (χ4v) is 2.28. The van der Waals surface area contributed by atoms with Crippen LogP contribution in [0.3, 0.4) is 0 Å². The summed E-state index contributed by atoms with van der Waals surface area (Å²) in [6.07, 6.45) is 0.0739. The van der Waals surface area contributed by atoms with Crippen LogP contribution in [0, 0.1) is 0 Å². The van der Waals surface area contributed by atoms with Crippen molar-refractivity contribution in [1.82, 2.24) is 14.9 Å². The van der Waals surface area contributed by atoms with Gasteiger partial charge in [0, 0.05) is 0 Å². The van der Waals surface area contributed by atoms with Crippen LogP contribution in [0.2, 0.25) is 0 Å². The molecular weight excluding hydrogens is 364 g/mol. The van der Waals surface area contributed by atoms with Crippen molar-refractivity contribution < 1.29 is 27.0 Å². The summed E-state index contributed by atoms with van der Waals surface area (Å²) in [5.41, 5.74) is 0.436. The Morgan fingerprint density at radius 2 is 2.00 bits per heavy atom. The van der Waals surface area contributed by atoms with E-state index >= 15 is 0 Å². The molecule has 0 radical (unpaired) electrons. The Labute approximate surface area is 144 Å². The molecule has 6 nitrogen and oxygen atoms in total. The van der Waals surface area contributed by atoms with Gasteiger partial charge in [0.15, 0.2) is 11.5 Å². The van der Waals surface area contributed by atoms with E-state index in [0.717, 1.165) is 16.4 Å². The fraction of sp³-hybridized carbons (Fsp3) is 0.357. The summed E-state index contributed by atoms with van der Waals surface area (Å²) in [7, 11) is 0. The zero-order valence-corrected chi connectivity index (χ0v) is 14.0. The van der Waals surface area contributed by atoms with E-state index < -0.39 is 18.9 Å². The first kappa shape index (κ1) is 19.0. The number of nitrogens with zero attached hydrogens (tertiary/aromatic N) is 4. The second-order valence-corrected chi connectivity index (χ2v) is 5.19. The summed E-state index contributed by atoms with van der Waals surface area (Å²) >= 11 is 1.10. The molecule has 0 fully saturated rings. The molecule has 0 N–H and O–H groups in total. The van der Waals surface area contributed by atoms with Crippen molar-refractivity contribution in [3.63, 3.8) is 0 Å². The molecular formula is C14H14F4N4O2S. The molecule has 1 aromatic carbocycles. The predicted octanol–water partition coefficient (Wildman–Crippen LogP) is 3.82. The Morgan fingerprint density at radius 3 is 2.60 bits per heavy atom. The van der Waals surface area contributed by atoms with Crippen molar-refractivity contribution >= 4 is 18.0 Å². The molecule has 0 amide bonds. The second-order valence-electron chi connectivity index (χ2n) is 4.42. The van der Waals surface area contributed by atoms with Crippen LogP contribution < -0.4 is 9.47 Å². The van der Waals surface area contributed by atoms with Crippen LogP contribution in [-0.4, -0.2) is 40.6 Å². The highest BCUT2D eigenvalue weighted by atomic mass is 32.2. The van der Waals surface area contributed by atoms with Crippen LogP contribution in [0.4, 0.5) is 17.6 Å². The van der Waals surface area contributed by atoms with Gasteiger partial charge in [-0.15, -0.1) is 10.2 Å². The number of halogens is 4. The number of alkyl halides is 4. The van der Waals surface area contributed by atoms with Crippen molar-refractivity contribution in [2.24, 2.45) is 5.10 Å². The molecule has 0 spiro atoms. The summed E-state index contributed by atoms with van der Waals surface area (Å²) in [6, 6.07) is 4.14. The predicted molar refractivity (Wildman–Crippen MR) is 84.0 cm³/mol. The maximum absolute atomic E-state index is 12.9. The van der Waals surface area contributed by atoms with E-state index in [2.05, 4.69) is 20.0 Å². The SMILES string of the molecule is CCOc1cc(/C=N/n2c(SC)nnc2C(F)F)ccc1OC(F)F. The molecule has 0 saturated heterocycles. The smallest absolute Gasteiger partial charge is 0.387 e. The van der Waals surface area contributed by atoms with Gasteiger partial charge in [-0.3, -0.25) is 0 Å². The van der Waals surface area contributed by atoms with E-state index in [1.54, 1.807) is 13.2 Å².